The van der Waals surface area contributed by atoms with Crippen LogP contribution in [0.25, 0.3) is 0 Å². The number of aromatic amines is 1. The fourth-order valence-electron chi connectivity index (χ4n) is 5.98. The second-order valence-corrected chi connectivity index (χ2v) is 19.6. The predicted molar refractivity (Wildman–Crippen MR) is 200 cm³/mol. The summed E-state index contributed by atoms with van der Waals surface area (Å²) in [4.78, 5) is 27.7. The number of nitrogens with zero attached hydrogens (tertiary/aromatic N) is 1. The van der Waals surface area contributed by atoms with Gasteiger partial charge in [0, 0.05) is 16.8 Å². The third-order valence-corrected chi connectivity index (χ3v) is 15.1. The number of ether oxygens (including phenoxy) is 4. The van der Waals surface area contributed by atoms with E-state index in [2.05, 4.69) is 38.8 Å². The van der Waals surface area contributed by atoms with Crippen LogP contribution >= 0.6 is 8.25 Å². The number of nitrogens with one attached hydrogen (secondary N) is 1. The van der Waals surface area contributed by atoms with Gasteiger partial charge in [0.05, 0.1) is 20.8 Å². The number of aromatic nitrogens is 2. The van der Waals surface area contributed by atoms with Crippen LogP contribution in [0.4, 0.5) is 0 Å². The molecule has 1 aliphatic rings. The van der Waals surface area contributed by atoms with Gasteiger partial charge in [-0.25, -0.2) is 4.79 Å². The molecule has 1 fully saturated rings. The number of H-pyrrole nitrogens is 1. The minimum absolute atomic E-state index is 0.112. The Morgan fingerprint density at radius 2 is 1.38 bits per heavy atom. The molecule has 1 aromatic heterocycles. The van der Waals surface area contributed by atoms with Crippen LogP contribution in [-0.4, -0.2) is 63.6 Å². The van der Waals surface area contributed by atoms with E-state index < -0.39 is 58.0 Å². The minimum atomic E-state index is -2.62. The Bertz CT molecular complexity index is 1860. The second kappa shape index (κ2) is 16.4. The van der Waals surface area contributed by atoms with E-state index in [-0.39, 0.29) is 18.3 Å². The van der Waals surface area contributed by atoms with Gasteiger partial charge in [-0.05, 0) is 66.0 Å². The first-order valence-corrected chi connectivity index (χ1v) is 21.1. The first kappa shape index (κ1) is 39.3. The minimum Gasteiger partial charge on any atom is -0.497 e. The average molecular weight is 752 g/mol. The quantitative estimate of drug-likeness (QED) is 0.0774. The average Bonchev–Trinajstić information content (AvgIpc) is 3.44. The third kappa shape index (κ3) is 8.31. The van der Waals surface area contributed by atoms with Crippen molar-refractivity contribution in [2.24, 2.45) is 0 Å². The largest absolute Gasteiger partial charge is 0.697 e. The molecule has 1 aliphatic heterocycles. The maximum atomic E-state index is 13.3. The molecule has 14 heteroatoms. The zero-order valence-corrected chi connectivity index (χ0v) is 32.8. The van der Waals surface area contributed by atoms with Crippen LogP contribution in [0.3, 0.4) is 0 Å². The first-order valence-electron chi connectivity index (χ1n) is 17.1. The van der Waals surface area contributed by atoms with Gasteiger partial charge in [-0.15, -0.1) is 9.05 Å². The van der Waals surface area contributed by atoms with E-state index in [1.165, 1.54) is 16.8 Å². The van der Waals surface area contributed by atoms with Crippen LogP contribution < -0.4 is 20.7 Å². The SMILES string of the molecule is CCO[P+](=O)O[C@H]1[C@@H](O[Si](C)(C)C(C)(C)C)[C@H](n2ccc(=O)[nH]c2=O)O[C@@H]1COC(c1ccccc1)(c1ccc(OC)cc1)c1ccc(OC)cc1. The highest BCUT2D eigenvalue weighted by molar-refractivity contribution is 7.33. The number of hydrogen-bond acceptors (Lipinski definition) is 10. The molecule has 0 aliphatic carbocycles. The summed E-state index contributed by atoms with van der Waals surface area (Å²) < 4.78 is 57.8. The van der Waals surface area contributed by atoms with Crippen molar-refractivity contribution in [3.63, 3.8) is 0 Å². The van der Waals surface area contributed by atoms with Crippen molar-refractivity contribution < 1.29 is 37.0 Å². The summed E-state index contributed by atoms with van der Waals surface area (Å²) in [6.45, 7) is 12.1. The molecule has 5 atom stereocenters. The Morgan fingerprint density at radius 3 is 1.88 bits per heavy atom. The maximum absolute atomic E-state index is 13.3. The van der Waals surface area contributed by atoms with Crippen molar-refractivity contribution in [1.29, 1.82) is 0 Å². The van der Waals surface area contributed by atoms with Gasteiger partial charge in [0.25, 0.3) is 5.56 Å². The van der Waals surface area contributed by atoms with Gasteiger partial charge in [0.15, 0.2) is 20.6 Å². The van der Waals surface area contributed by atoms with Crippen LogP contribution in [0, 0.1) is 0 Å². The molecule has 0 saturated carbocycles. The van der Waals surface area contributed by atoms with Crippen molar-refractivity contribution in [2.75, 3.05) is 27.4 Å². The van der Waals surface area contributed by atoms with Crippen LogP contribution in [0.1, 0.15) is 50.6 Å². The zero-order chi connectivity index (χ0) is 37.7. The highest BCUT2D eigenvalue weighted by Crippen LogP contribution is 2.47. The summed E-state index contributed by atoms with van der Waals surface area (Å²) in [7, 11) is -2.00. The van der Waals surface area contributed by atoms with Crippen molar-refractivity contribution in [2.45, 2.75) is 76.0 Å². The van der Waals surface area contributed by atoms with Gasteiger partial charge in [-0.2, -0.15) is 0 Å². The fourth-order valence-corrected chi connectivity index (χ4v) is 7.99. The van der Waals surface area contributed by atoms with Crippen molar-refractivity contribution >= 4 is 16.6 Å². The van der Waals surface area contributed by atoms with E-state index in [9.17, 15) is 14.2 Å². The summed E-state index contributed by atoms with van der Waals surface area (Å²) in [5.41, 5.74) is -0.0427. The smallest absolute Gasteiger partial charge is 0.497 e. The van der Waals surface area contributed by atoms with Gasteiger partial charge in [0.2, 0.25) is 0 Å². The number of rotatable bonds is 15. The third-order valence-electron chi connectivity index (χ3n) is 9.73. The Hall–Kier alpha value is -3.94. The normalized spacial score (nSPS) is 19.7. The Balaban J connectivity index is 1.67. The molecule has 3 aromatic carbocycles. The summed E-state index contributed by atoms with van der Waals surface area (Å²) in [5, 5.41) is -0.250. The highest BCUT2D eigenvalue weighted by Gasteiger charge is 2.56. The molecule has 4 aromatic rings. The molecule has 52 heavy (non-hydrogen) atoms. The van der Waals surface area contributed by atoms with Gasteiger partial charge in [-0.1, -0.05) is 75.4 Å². The molecule has 0 bridgehead atoms. The van der Waals surface area contributed by atoms with Crippen LogP contribution in [-0.2, 0) is 33.1 Å². The second-order valence-electron chi connectivity index (χ2n) is 14.0. The van der Waals surface area contributed by atoms with Gasteiger partial charge in [0.1, 0.15) is 35.9 Å². The van der Waals surface area contributed by atoms with Gasteiger partial charge in [-0.3, -0.25) is 14.3 Å². The Morgan fingerprint density at radius 1 is 0.827 bits per heavy atom. The fraction of sp³-hybridized carbons (Fsp3) is 0.421. The molecule has 0 spiro atoms. The summed E-state index contributed by atoms with van der Waals surface area (Å²) >= 11 is 0. The van der Waals surface area contributed by atoms with Crippen molar-refractivity contribution in [3.8, 4) is 11.5 Å². The van der Waals surface area contributed by atoms with E-state index in [4.69, 9.17) is 32.4 Å². The van der Waals surface area contributed by atoms with E-state index in [0.29, 0.717) is 11.5 Å². The molecule has 5 rings (SSSR count). The summed E-state index contributed by atoms with van der Waals surface area (Å²) in [6.07, 6.45) is -2.61. The lowest BCUT2D eigenvalue weighted by Crippen LogP contribution is -2.50. The van der Waals surface area contributed by atoms with Gasteiger partial charge >= 0.3 is 13.9 Å². The van der Waals surface area contributed by atoms with Crippen LogP contribution in [0.2, 0.25) is 18.1 Å². The Labute approximate surface area is 306 Å². The zero-order valence-electron chi connectivity index (χ0n) is 30.9. The van der Waals surface area contributed by atoms with E-state index >= 15 is 0 Å². The molecule has 0 radical (unpaired) electrons. The van der Waals surface area contributed by atoms with Crippen molar-refractivity contribution in [3.05, 3.63) is 129 Å². The highest BCUT2D eigenvalue weighted by atomic mass is 31.1. The van der Waals surface area contributed by atoms with E-state index in [1.54, 1.807) is 21.1 Å². The van der Waals surface area contributed by atoms with Crippen LogP contribution in [0.5, 0.6) is 11.5 Å². The lowest BCUT2D eigenvalue weighted by molar-refractivity contribution is -0.0939. The van der Waals surface area contributed by atoms with Gasteiger partial charge < -0.3 is 23.4 Å². The van der Waals surface area contributed by atoms with E-state index in [0.717, 1.165) is 16.7 Å². The molecule has 1 saturated heterocycles. The first-order chi connectivity index (χ1) is 24.7. The molecular formula is C38H48N2O10PSi+. The molecule has 12 nitrogen and oxygen atoms in total. The number of benzene rings is 3. The molecular weight excluding hydrogens is 703 g/mol. The summed E-state index contributed by atoms with van der Waals surface area (Å²) in [6, 6.07) is 26.2. The molecule has 2 heterocycles. The molecule has 1 unspecified atom stereocenters. The number of methoxy groups -OCH3 is 2. The lowest BCUT2D eigenvalue weighted by atomic mass is 9.80. The molecule has 1 N–H and O–H groups in total. The standard InChI is InChI=1S/C38H47N2O10PSi/c1-9-47-51(43)49-33-31(48-35(40-24-23-32(41)39-36(40)42)34(33)50-52(7,8)37(2,3)4)25-46-38(26-13-11-10-12-14-26,27-15-19-29(44-5)20-16-27)28-17-21-30(45-6)22-18-28/h10-24,31,33-35H,9,25H2,1-8H3/p+1/t31-,33-,34-,35-/m1/s1. The summed E-state index contributed by atoms with van der Waals surface area (Å²) in [5.74, 6) is 1.35. The predicted octanol–water partition coefficient (Wildman–Crippen LogP) is 6.93. The Kier molecular flexibility index (Phi) is 12.4. The molecule has 278 valence electrons. The van der Waals surface area contributed by atoms with Crippen molar-refractivity contribution in [1.82, 2.24) is 9.55 Å². The topological polar surface area (TPSA) is 137 Å². The molecule has 0 amide bonds. The lowest BCUT2D eigenvalue weighted by Gasteiger charge is -2.40. The van der Waals surface area contributed by atoms with E-state index in [1.807, 2.05) is 78.9 Å². The maximum Gasteiger partial charge on any atom is 0.697 e. The van der Waals surface area contributed by atoms with Crippen LogP contribution in [0.15, 0.2) is 101 Å². The monoisotopic (exact) mass is 751 g/mol. The number of hydrogen-bond donors (Lipinski definition) is 1.